The lowest BCUT2D eigenvalue weighted by atomic mass is 10.1. The summed E-state index contributed by atoms with van der Waals surface area (Å²) < 4.78 is 0. The van der Waals surface area contributed by atoms with Crippen LogP contribution in [0.2, 0.25) is 0 Å². The van der Waals surface area contributed by atoms with Gasteiger partial charge in [0.15, 0.2) is 0 Å². The summed E-state index contributed by atoms with van der Waals surface area (Å²) in [7, 11) is 0. The monoisotopic (exact) mass is 324 g/mol. The Labute approximate surface area is 143 Å². The zero-order chi connectivity index (χ0) is 16.9. The number of amides is 1. The highest BCUT2D eigenvalue weighted by atomic mass is 16.3. The summed E-state index contributed by atoms with van der Waals surface area (Å²) >= 11 is 0. The van der Waals surface area contributed by atoms with E-state index in [1.54, 1.807) is 12.1 Å². The van der Waals surface area contributed by atoms with Crippen molar-refractivity contribution in [2.45, 2.75) is 19.9 Å². The van der Waals surface area contributed by atoms with Gasteiger partial charge in [-0.2, -0.15) is 0 Å². The molecule has 1 heterocycles. The molecular weight excluding hydrogens is 300 g/mol. The van der Waals surface area contributed by atoms with Gasteiger partial charge in [-0.1, -0.05) is 36.4 Å². The number of nitrogens with zero attached hydrogens (tertiary/aromatic N) is 2. The van der Waals surface area contributed by atoms with Gasteiger partial charge in [-0.25, -0.2) is 0 Å². The number of hydrogen-bond acceptors (Lipinski definition) is 3. The molecule has 0 atom stereocenters. The topological polar surface area (TPSA) is 43.8 Å². The number of hydrogen-bond donors (Lipinski definition) is 1. The number of rotatable bonds is 3. The Morgan fingerprint density at radius 1 is 1.04 bits per heavy atom. The molecule has 4 heteroatoms. The molecule has 0 aromatic heterocycles. The summed E-state index contributed by atoms with van der Waals surface area (Å²) in [6.07, 6.45) is 0.950. The number of aromatic hydroxyl groups is 1. The van der Waals surface area contributed by atoms with Gasteiger partial charge < -0.3 is 10.0 Å². The predicted octanol–water partition coefficient (Wildman–Crippen LogP) is 3.05. The molecule has 0 spiro atoms. The van der Waals surface area contributed by atoms with Crippen LogP contribution in [0.5, 0.6) is 5.75 Å². The SMILES string of the molecule is Cc1ccc(C(=O)N2CCCN(Cc3ccccc3)CC2)c(O)c1. The summed E-state index contributed by atoms with van der Waals surface area (Å²) in [5.41, 5.74) is 2.65. The zero-order valence-electron chi connectivity index (χ0n) is 14.1. The summed E-state index contributed by atoms with van der Waals surface area (Å²) in [5.74, 6) is -0.000510. The van der Waals surface area contributed by atoms with Crippen LogP contribution in [0, 0.1) is 6.92 Å². The Morgan fingerprint density at radius 3 is 2.58 bits per heavy atom. The standard InChI is InChI=1S/C20H24N2O2/c1-16-8-9-18(19(23)14-16)20(24)22-11-5-10-21(12-13-22)15-17-6-3-2-4-7-17/h2-4,6-9,14,23H,5,10-13,15H2,1H3. The number of aryl methyl sites for hydroxylation is 1. The number of phenols is 1. The lowest BCUT2D eigenvalue weighted by Gasteiger charge is -2.22. The molecule has 0 aliphatic carbocycles. The number of benzene rings is 2. The minimum absolute atomic E-state index is 0.0744. The molecule has 0 unspecified atom stereocenters. The van der Waals surface area contributed by atoms with Gasteiger partial charge in [-0.05, 0) is 36.6 Å². The van der Waals surface area contributed by atoms with Crippen LogP contribution in [0.4, 0.5) is 0 Å². The maximum Gasteiger partial charge on any atom is 0.257 e. The second kappa shape index (κ2) is 7.49. The largest absolute Gasteiger partial charge is 0.507 e. The fraction of sp³-hybridized carbons (Fsp3) is 0.350. The van der Waals surface area contributed by atoms with Crippen molar-refractivity contribution in [1.29, 1.82) is 0 Å². The first-order valence-corrected chi connectivity index (χ1v) is 8.48. The van der Waals surface area contributed by atoms with E-state index in [9.17, 15) is 9.90 Å². The molecular formula is C20H24N2O2. The van der Waals surface area contributed by atoms with E-state index in [1.807, 2.05) is 24.0 Å². The lowest BCUT2D eigenvalue weighted by molar-refractivity contribution is 0.0758. The van der Waals surface area contributed by atoms with Crippen molar-refractivity contribution in [3.8, 4) is 5.75 Å². The third kappa shape index (κ3) is 3.95. The van der Waals surface area contributed by atoms with Crippen molar-refractivity contribution < 1.29 is 9.90 Å². The summed E-state index contributed by atoms with van der Waals surface area (Å²) in [6.45, 7) is 6.09. The van der Waals surface area contributed by atoms with E-state index in [0.29, 0.717) is 12.1 Å². The van der Waals surface area contributed by atoms with Gasteiger partial charge in [0.2, 0.25) is 0 Å². The van der Waals surface area contributed by atoms with E-state index in [4.69, 9.17) is 0 Å². The second-order valence-corrected chi connectivity index (χ2v) is 6.43. The molecule has 1 aliphatic heterocycles. The molecule has 0 radical (unpaired) electrons. The molecule has 1 amide bonds. The van der Waals surface area contributed by atoms with Crippen molar-refractivity contribution in [2.24, 2.45) is 0 Å². The Balaban J connectivity index is 1.63. The molecule has 1 fully saturated rings. The van der Waals surface area contributed by atoms with Gasteiger partial charge in [0.25, 0.3) is 5.91 Å². The minimum atomic E-state index is -0.0749. The van der Waals surface area contributed by atoms with Crippen molar-refractivity contribution in [3.05, 3.63) is 65.2 Å². The Kier molecular flexibility index (Phi) is 5.16. The van der Waals surface area contributed by atoms with Crippen LogP contribution in [-0.4, -0.2) is 47.0 Å². The molecule has 24 heavy (non-hydrogen) atoms. The van der Waals surface area contributed by atoms with Crippen LogP contribution in [0.3, 0.4) is 0 Å². The molecule has 2 aromatic carbocycles. The third-order valence-corrected chi connectivity index (χ3v) is 4.51. The van der Waals surface area contributed by atoms with Gasteiger partial charge in [-0.15, -0.1) is 0 Å². The quantitative estimate of drug-likeness (QED) is 0.944. The molecule has 1 saturated heterocycles. The van der Waals surface area contributed by atoms with Crippen molar-refractivity contribution >= 4 is 5.91 Å². The molecule has 126 valence electrons. The minimum Gasteiger partial charge on any atom is -0.507 e. The van der Waals surface area contributed by atoms with E-state index in [-0.39, 0.29) is 11.7 Å². The Morgan fingerprint density at radius 2 is 1.83 bits per heavy atom. The highest BCUT2D eigenvalue weighted by Crippen LogP contribution is 2.21. The smallest absolute Gasteiger partial charge is 0.257 e. The lowest BCUT2D eigenvalue weighted by Crippen LogP contribution is -2.35. The van der Waals surface area contributed by atoms with E-state index < -0.39 is 0 Å². The zero-order valence-corrected chi connectivity index (χ0v) is 14.1. The first-order valence-electron chi connectivity index (χ1n) is 8.48. The van der Waals surface area contributed by atoms with Crippen LogP contribution in [-0.2, 0) is 6.54 Å². The average Bonchev–Trinajstić information content (AvgIpc) is 2.81. The molecule has 0 saturated carbocycles. The van der Waals surface area contributed by atoms with Crippen LogP contribution >= 0.6 is 0 Å². The van der Waals surface area contributed by atoms with E-state index in [1.165, 1.54) is 5.56 Å². The number of carbonyl (C=O) groups excluding carboxylic acids is 1. The van der Waals surface area contributed by atoms with Crippen LogP contribution in [0.15, 0.2) is 48.5 Å². The van der Waals surface area contributed by atoms with Crippen LogP contribution < -0.4 is 0 Å². The number of carbonyl (C=O) groups is 1. The van der Waals surface area contributed by atoms with E-state index in [0.717, 1.165) is 38.2 Å². The van der Waals surface area contributed by atoms with Gasteiger partial charge in [0.05, 0.1) is 5.56 Å². The van der Waals surface area contributed by atoms with E-state index >= 15 is 0 Å². The van der Waals surface area contributed by atoms with Gasteiger partial charge in [0, 0.05) is 32.7 Å². The molecule has 0 bridgehead atoms. The summed E-state index contributed by atoms with van der Waals surface area (Å²) in [4.78, 5) is 16.9. The molecule has 1 N–H and O–H groups in total. The highest BCUT2D eigenvalue weighted by molar-refractivity contribution is 5.96. The maximum absolute atomic E-state index is 12.7. The van der Waals surface area contributed by atoms with Gasteiger partial charge >= 0.3 is 0 Å². The number of phenolic OH excluding ortho intramolecular Hbond substituents is 1. The Bertz CT molecular complexity index is 700. The van der Waals surface area contributed by atoms with Crippen molar-refractivity contribution in [3.63, 3.8) is 0 Å². The Hall–Kier alpha value is -2.33. The molecule has 4 nitrogen and oxygen atoms in total. The highest BCUT2D eigenvalue weighted by Gasteiger charge is 2.22. The fourth-order valence-corrected chi connectivity index (χ4v) is 3.17. The second-order valence-electron chi connectivity index (χ2n) is 6.43. The van der Waals surface area contributed by atoms with Crippen molar-refractivity contribution in [2.75, 3.05) is 26.2 Å². The molecule has 3 rings (SSSR count). The normalized spacial score (nSPS) is 16.0. The van der Waals surface area contributed by atoms with Crippen LogP contribution in [0.25, 0.3) is 0 Å². The van der Waals surface area contributed by atoms with Gasteiger partial charge in [-0.3, -0.25) is 9.69 Å². The predicted molar refractivity (Wildman–Crippen MR) is 95.1 cm³/mol. The van der Waals surface area contributed by atoms with Crippen molar-refractivity contribution in [1.82, 2.24) is 9.80 Å². The summed E-state index contributed by atoms with van der Waals surface area (Å²) in [6, 6.07) is 15.7. The summed E-state index contributed by atoms with van der Waals surface area (Å²) in [5, 5.41) is 10.1. The van der Waals surface area contributed by atoms with Gasteiger partial charge in [0.1, 0.15) is 5.75 Å². The first-order chi connectivity index (χ1) is 11.6. The average molecular weight is 324 g/mol. The first kappa shape index (κ1) is 16.5. The maximum atomic E-state index is 12.7. The van der Waals surface area contributed by atoms with Crippen LogP contribution in [0.1, 0.15) is 27.9 Å². The third-order valence-electron chi connectivity index (χ3n) is 4.51. The fourth-order valence-electron chi connectivity index (χ4n) is 3.17. The molecule has 1 aliphatic rings. The van der Waals surface area contributed by atoms with E-state index in [2.05, 4.69) is 29.2 Å². The molecule has 2 aromatic rings.